The average Bonchev–Trinajstić information content (AvgIpc) is 2.75. The number of rotatable bonds is 9. The molecule has 1 N–H and O–H groups in total. The zero-order chi connectivity index (χ0) is 20.5. The Morgan fingerprint density at radius 3 is 2.55 bits per heavy atom. The van der Waals surface area contributed by atoms with Crippen molar-refractivity contribution in [2.45, 2.75) is 13.3 Å². The molecule has 3 aromatic rings. The van der Waals surface area contributed by atoms with Gasteiger partial charge in [0.1, 0.15) is 11.6 Å². The Balaban J connectivity index is 1.59. The summed E-state index contributed by atoms with van der Waals surface area (Å²) in [5, 5.41) is 2.85. The van der Waals surface area contributed by atoms with E-state index >= 15 is 0 Å². The first-order valence-electron chi connectivity index (χ1n) is 9.38. The summed E-state index contributed by atoms with van der Waals surface area (Å²) in [6, 6.07) is 14.3. The highest BCUT2D eigenvalue weighted by Gasteiger charge is 2.07. The van der Waals surface area contributed by atoms with Crippen molar-refractivity contribution in [3.05, 3.63) is 72.2 Å². The molecule has 0 aliphatic carbocycles. The number of halogens is 1. The smallest absolute Gasteiger partial charge is 0.251 e. The van der Waals surface area contributed by atoms with Crippen LogP contribution in [0.3, 0.4) is 0 Å². The lowest BCUT2D eigenvalue weighted by Crippen LogP contribution is -2.25. The molecule has 1 amide bonds. The Morgan fingerprint density at radius 2 is 1.83 bits per heavy atom. The van der Waals surface area contributed by atoms with Crippen molar-refractivity contribution in [2.24, 2.45) is 0 Å². The van der Waals surface area contributed by atoms with Gasteiger partial charge in [-0.1, -0.05) is 0 Å². The number of hydrogen-bond donors (Lipinski definition) is 1. The Kier molecular flexibility index (Phi) is 7.24. The number of carbonyl (C=O) groups is 1. The molecule has 1 heterocycles. The van der Waals surface area contributed by atoms with E-state index in [0.29, 0.717) is 48.3 Å². The number of hydrogen-bond acceptors (Lipinski definition) is 5. The van der Waals surface area contributed by atoms with Gasteiger partial charge in [0.15, 0.2) is 5.82 Å². The molecule has 0 unspecified atom stereocenters. The van der Waals surface area contributed by atoms with Gasteiger partial charge >= 0.3 is 0 Å². The molecule has 6 nitrogen and oxygen atoms in total. The molecule has 2 aromatic carbocycles. The van der Waals surface area contributed by atoms with Crippen LogP contribution in [0, 0.1) is 5.82 Å². The lowest BCUT2D eigenvalue weighted by Gasteiger charge is -2.08. The molecule has 0 atom stereocenters. The zero-order valence-corrected chi connectivity index (χ0v) is 16.1. The Labute approximate surface area is 168 Å². The third-order valence-electron chi connectivity index (χ3n) is 4.03. The largest absolute Gasteiger partial charge is 0.439 e. The summed E-state index contributed by atoms with van der Waals surface area (Å²) in [6.45, 7) is 3.80. The third kappa shape index (κ3) is 6.08. The van der Waals surface area contributed by atoms with Gasteiger partial charge in [0.2, 0.25) is 5.88 Å². The minimum Gasteiger partial charge on any atom is -0.439 e. The average molecular weight is 395 g/mol. The van der Waals surface area contributed by atoms with Crippen molar-refractivity contribution >= 4 is 5.91 Å². The van der Waals surface area contributed by atoms with Gasteiger partial charge in [0, 0.05) is 43.1 Å². The summed E-state index contributed by atoms with van der Waals surface area (Å²) in [5.41, 5.74) is 1.23. The molecule has 0 saturated heterocycles. The van der Waals surface area contributed by atoms with Crippen molar-refractivity contribution in [3.8, 4) is 23.0 Å². The molecular weight excluding hydrogens is 373 g/mol. The maximum absolute atomic E-state index is 13.1. The van der Waals surface area contributed by atoms with Crippen molar-refractivity contribution < 1.29 is 18.7 Å². The van der Waals surface area contributed by atoms with Gasteiger partial charge in [-0.25, -0.2) is 9.37 Å². The second kappa shape index (κ2) is 10.3. The first kappa shape index (κ1) is 20.4. The van der Waals surface area contributed by atoms with Crippen molar-refractivity contribution in [1.29, 1.82) is 0 Å². The van der Waals surface area contributed by atoms with E-state index in [1.807, 2.05) is 6.92 Å². The maximum atomic E-state index is 13.1. The van der Waals surface area contributed by atoms with E-state index in [2.05, 4.69) is 15.3 Å². The Morgan fingerprint density at radius 1 is 1.07 bits per heavy atom. The van der Waals surface area contributed by atoms with E-state index < -0.39 is 0 Å². The number of ether oxygens (including phenoxy) is 2. The fraction of sp³-hybridized carbons (Fsp3) is 0.227. The van der Waals surface area contributed by atoms with Gasteiger partial charge in [-0.15, -0.1) is 0 Å². The first-order valence-corrected chi connectivity index (χ1v) is 9.38. The van der Waals surface area contributed by atoms with E-state index in [-0.39, 0.29) is 11.7 Å². The lowest BCUT2D eigenvalue weighted by molar-refractivity contribution is 0.0944. The Bertz CT molecular complexity index is 931. The normalized spacial score (nSPS) is 10.6. The molecule has 0 radical (unpaired) electrons. The van der Waals surface area contributed by atoms with Crippen molar-refractivity contribution in [1.82, 2.24) is 15.3 Å². The number of nitrogens with one attached hydrogen (secondary N) is 1. The molecule has 0 saturated carbocycles. The van der Waals surface area contributed by atoms with E-state index in [9.17, 15) is 9.18 Å². The zero-order valence-electron chi connectivity index (χ0n) is 16.1. The third-order valence-corrected chi connectivity index (χ3v) is 4.03. The lowest BCUT2D eigenvalue weighted by atomic mass is 10.2. The highest BCUT2D eigenvalue weighted by Crippen LogP contribution is 2.22. The quantitative estimate of drug-likeness (QED) is 0.549. The van der Waals surface area contributed by atoms with Crippen molar-refractivity contribution in [3.63, 3.8) is 0 Å². The fourth-order valence-electron chi connectivity index (χ4n) is 2.55. The molecule has 0 aliphatic heterocycles. The molecule has 1 aromatic heterocycles. The molecule has 0 bridgehead atoms. The van der Waals surface area contributed by atoms with Crippen LogP contribution in [0.25, 0.3) is 11.4 Å². The molecule has 0 aliphatic rings. The summed E-state index contributed by atoms with van der Waals surface area (Å²) < 4.78 is 24.1. The van der Waals surface area contributed by atoms with Gasteiger partial charge in [-0.3, -0.25) is 4.79 Å². The molecule has 0 fully saturated rings. The van der Waals surface area contributed by atoms with E-state index in [4.69, 9.17) is 9.47 Å². The van der Waals surface area contributed by atoms with Crippen LogP contribution in [0.15, 0.2) is 60.8 Å². The van der Waals surface area contributed by atoms with Crippen LogP contribution >= 0.6 is 0 Å². The van der Waals surface area contributed by atoms with Gasteiger partial charge in [-0.2, -0.15) is 4.98 Å². The van der Waals surface area contributed by atoms with Gasteiger partial charge < -0.3 is 14.8 Å². The van der Waals surface area contributed by atoms with Crippen LogP contribution < -0.4 is 10.1 Å². The minimum atomic E-state index is -0.320. The second-order valence-electron chi connectivity index (χ2n) is 6.16. The number of carbonyl (C=O) groups excluding carboxylic acids is 1. The molecule has 29 heavy (non-hydrogen) atoms. The molecular formula is C22H22FN3O3. The SMILES string of the molecule is CCOCCCNC(=O)c1ccc(Oc2ccnc(-c3ccc(F)cc3)n2)cc1. The summed E-state index contributed by atoms with van der Waals surface area (Å²) in [7, 11) is 0. The standard InChI is InChI=1S/C22H22FN3O3/c1-2-28-15-3-13-25-22(27)17-6-10-19(11-7-17)29-20-12-14-24-21(26-20)16-4-8-18(23)9-5-16/h4-12,14H,2-3,13,15H2,1H3,(H,25,27). The highest BCUT2D eigenvalue weighted by atomic mass is 19.1. The summed E-state index contributed by atoms with van der Waals surface area (Å²) in [5.74, 6) is 0.868. The van der Waals surface area contributed by atoms with E-state index in [1.54, 1.807) is 48.7 Å². The highest BCUT2D eigenvalue weighted by molar-refractivity contribution is 5.94. The van der Waals surface area contributed by atoms with Gasteiger partial charge in [0.05, 0.1) is 0 Å². The molecule has 3 rings (SSSR count). The van der Waals surface area contributed by atoms with Crippen molar-refractivity contribution in [2.75, 3.05) is 19.8 Å². The van der Waals surface area contributed by atoms with Crippen LogP contribution in [0.2, 0.25) is 0 Å². The minimum absolute atomic E-state index is 0.145. The number of nitrogens with zero attached hydrogens (tertiary/aromatic N) is 2. The monoisotopic (exact) mass is 395 g/mol. The summed E-state index contributed by atoms with van der Waals surface area (Å²) in [6.07, 6.45) is 2.34. The molecule has 0 spiro atoms. The van der Waals surface area contributed by atoms with Crippen LogP contribution in [0.5, 0.6) is 11.6 Å². The first-order chi connectivity index (χ1) is 14.2. The number of benzene rings is 2. The predicted octanol–water partition coefficient (Wildman–Crippen LogP) is 4.23. The van der Waals surface area contributed by atoms with E-state index in [0.717, 1.165) is 6.42 Å². The van der Waals surface area contributed by atoms with Crippen LogP contribution in [-0.4, -0.2) is 35.6 Å². The molecule has 150 valence electrons. The topological polar surface area (TPSA) is 73.3 Å². The predicted molar refractivity (Wildman–Crippen MR) is 107 cm³/mol. The summed E-state index contributed by atoms with van der Waals surface area (Å²) >= 11 is 0. The number of amides is 1. The Hall–Kier alpha value is -3.32. The van der Waals surface area contributed by atoms with Crippen LogP contribution in [0.4, 0.5) is 4.39 Å². The van der Waals surface area contributed by atoms with Crippen LogP contribution in [0.1, 0.15) is 23.7 Å². The van der Waals surface area contributed by atoms with Gasteiger partial charge in [-0.05, 0) is 61.9 Å². The maximum Gasteiger partial charge on any atom is 0.251 e. The fourth-order valence-corrected chi connectivity index (χ4v) is 2.55. The molecule has 7 heteroatoms. The second-order valence-corrected chi connectivity index (χ2v) is 6.16. The van der Waals surface area contributed by atoms with Crippen LogP contribution in [-0.2, 0) is 4.74 Å². The van der Waals surface area contributed by atoms with Gasteiger partial charge in [0.25, 0.3) is 5.91 Å². The summed E-state index contributed by atoms with van der Waals surface area (Å²) in [4.78, 5) is 20.7. The van der Waals surface area contributed by atoms with E-state index in [1.165, 1.54) is 12.1 Å². The number of aromatic nitrogens is 2.